The van der Waals surface area contributed by atoms with Crippen LogP contribution in [0.25, 0.3) is 11.3 Å². The van der Waals surface area contributed by atoms with E-state index in [0.29, 0.717) is 10.6 Å². The second-order valence-electron chi connectivity index (χ2n) is 5.14. The van der Waals surface area contributed by atoms with Gasteiger partial charge in [0.05, 0.1) is 18.3 Å². The zero-order chi connectivity index (χ0) is 17.6. The molecule has 1 aromatic heterocycles. The van der Waals surface area contributed by atoms with E-state index in [2.05, 4.69) is 15.5 Å². The third kappa shape index (κ3) is 4.54. The average molecular weight is 357 g/mol. The molecular formula is C18H13F2N3OS. The highest BCUT2D eigenvalue weighted by Gasteiger charge is 2.08. The van der Waals surface area contributed by atoms with Crippen molar-refractivity contribution in [3.8, 4) is 11.3 Å². The fourth-order valence-electron chi connectivity index (χ4n) is 2.08. The molecule has 4 nitrogen and oxygen atoms in total. The van der Waals surface area contributed by atoms with Gasteiger partial charge in [0.25, 0.3) is 0 Å². The number of nitrogens with one attached hydrogen (secondary N) is 1. The summed E-state index contributed by atoms with van der Waals surface area (Å²) in [4.78, 5) is 16.3. The first-order chi connectivity index (χ1) is 12.1. The van der Waals surface area contributed by atoms with Crippen LogP contribution < -0.4 is 5.43 Å². The second kappa shape index (κ2) is 7.76. The summed E-state index contributed by atoms with van der Waals surface area (Å²) in [5.74, 6) is -2.24. The number of thiazole rings is 1. The Morgan fingerprint density at radius 1 is 1.16 bits per heavy atom. The summed E-state index contributed by atoms with van der Waals surface area (Å²) in [5.41, 5.74) is 4.50. The molecule has 0 aliphatic rings. The molecule has 25 heavy (non-hydrogen) atoms. The number of aromatic nitrogens is 1. The van der Waals surface area contributed by atoms with Crippen LogP contribution in [-0.4, -0.2) is 17.1 Å². The predicted octanol–water partition coefficient (Wildman–Crippen LogP) is 3.78. The van der Waals surface area contributed by atoms with Gasteiger partial charge >= 0.3 is 0 Å². The molecule has 1 amide bonds. The normalized spacial score (nSPS) is 11.0. The lowest BCUT2D eigenvalue weighted by Crippen LogP contribution is -2.19. The minimum atomic E-state index is -0.966. The van der Waals surface area contributed by atoms with E-state index in [-0.39, 0.29) is 12.3 Å². The van der Waals surface area contributed by atoms with Crippen LogP contribution in [0.1, 0.15) is 10.6 Å². The molecule has 3 aromatic rings. The molecule has 0 aliphatic carbocycles. The number of carbonyl (C=O) groups excluding carboxylic acids is 1. The van der Waals surface area contributed by atoms with Crippen molar-refractivity contribution in [3.05, 3.63) is 76.1 Å². The summed E-state index contributed by atoms with van der Waals surface area (Å²) >= 11 is 1.39. The van der Waals surface area contributed by atoms with Gasteiger partial charge < -0.3 is 0 Å². The third-order valence-corrected chi connectivity index (χ3v) is 4.13. The van der Waals surface area contributed by atoms with E-state index in [9.17, 15) is 13.6 Å². The number of carbonyl (C=O) groups is 1. The lowest BCUT2D eigenvalue weighted by Gasteiger charge is -1.98. The van der Waals surface area contributed by atoms with Crippen molar-refractivity contribution < 1.29 is 13.6 Å². The van der Waals surface area contributed by atoms with Gasteiger partial charge in [-0.3, -0.25) is 4.79 Å². The molecule has 1 heterocycles. The van der Waals surface area contributed by atoms with Crippen molar-refractivity contribution in [1.82, 2.24) is 10.4 Å². The van der Waals surface area contributed by atoms with Crippen LogP contribution in [0.4, 0.5) is 8.78 Å². The molecule has 1 N–H and O–H groups in total. The Kier molecular flexibility index (Phi) is 5.25. The summed E-state index contributed by atoms with van der Waals surface area (Å²) in [7, 11) is 0. The van der Waals surface area contributed by atoms with E-state index >= 15 is 0 Å². The molecule has 0 radical (unpaired) electrons. The van der Waals surface area contributed by atoms with E-state index in [1.807, 2.05) is 35.7 Å². The Morgan fingerprint density at radius 3 is 2.72 bits per heavy atom. The molecule has 2 aromatic carbocycles. The molecule has 3 rings (SSSR count). The molecule has 0 fully saturated rings. The number of amides is 1. The zero-order valence-electron chi connectivity index (χ0n) is 12.9. The van der Waals surface area contributed by atoms with Crippen LogP contribution in [0.15, 0.2) is 59.0 Å². The number of nitrogens with zero attached hydrogens (tertiary/aromatic N) is 2. The highest BCUT2D eigenvalue weighted by molar-refractivity contribution is 7.10. The monoisotopic (exact) mass is 357 g/mol. The van der Waals surface area contributed by atoms with Gasteiger partial charge in [0.1, 0.15) is 5.01 Å². The van der Waals surface area contributed by atoms with Gasteiger partial charge in [0.2, 0.25) is 5.91 Å². The maximum absolute atomic E-state index is 13.1. The van der Waals surface area contributed by atoms with Crippen molar-refractivity contribution in [2.24, 2.45) is 5.10 Å². The van der Waals surface area contributed by atoms with E-state index in [4.69, 9.17) is 0 Å². The summed E-state index contributed by atoms with van der Waals surface area (Å²) in [5, 5.41) is 6.29. The Morgan fingerprint density at radius 2 is 1.96 bits per heavy atom. The molecule has 0 spiro atoms. The quantitative estimate of drug-likeness (QED) is 0.558. The van der Waals surface area contributed by atoms with E-state index < -0.39 is 11.6 Å². The maximum atomic E-state index is 13.1. The summed E-state index contributed by atoms with van der Waals surface area (Å²) in [6.07, 6.45) is 1.34. The fraction of sp³-hybridized carbons (Fsp3) is 0.0556. The van der Waals surface area contributed by atoms with Crippen LogP contribution in [0.2, 0.25) is 0 Å². The largest absolute Gasteiger partial charge is 0.273 e. The Balaban J connectivity index is 1.57. The van der Waals surface area contributed by atoms with Gasteiger partial charge in [0, 0.05) is 10.9 Å². The third-order valence-electron chi connectivity index (χ3n) is 3.28. The minimum absolute atomic E-state index is 0.0899. The number of benzene rings is 2. The van der Waals surface area contributed by atoms with Gasteiger partial charge in [-0.2, -0.15) is 5.10 Å². The molecule has 0 aliphatic heterocycles. The lowest BCUT2D eigenvalue weighted by molar-refractivity contribution is -0.120. The van der Waals surface area contributed by atoms with Crippen LogP contribution in [-0.2, 0) is 11.2 Å². The summed E-state index contributed by atoms with van der Waals surface area (Å²) in [6.45, 7) is 0. The van der Waals surface area contributed by atoms with Gasteiger partial charge in [-0.15, -0.1) is 11.3 Å². The van der Waals surface area contributed by atoms with Crippen molar-refractivity contribution >= 4 is 23.5 Å². The van der Waals surface area contributed by atoms with Crippen molar-refractivity contribution in [1.29, 1.82) is 0 Å². The molecule has 0 saturated heterocycles. The maximum Gasteiger partial charge on any atom is 0.246 e. The molecular weight excluding hydrogens is 344 g/mol. The van der Waals surface area contributed by atoms with E-state index in [1.165, 1.54) is 23.6 Å². The SMILES string of the molecule is O=C(Cc1nc(-c2ccccc2)cs1)N/N=C\c1ccc(F)c(F)c1. The molecule has 126 valence electrons. The van der Waals surface area contributed by atoms with Gasteiger partial charge in [-0.05, 0) is 17.7 Å². The van der Waals surface area contributed by atoms with E-state index in [0.717, 1.165) is 23.4 Å². The number of hydrazone groups is 1. The van der Waals surface area contributed by atoms with Crippen LogP contribution in [0.3, 0.4) is 0 Å². The van der Waals surface area contributed by atoms with Gasteiger partial charge in [-0.1, -0.05) is 36.4 Å². The number of halogens is 2. The smallest absolute Gasteiger partial charge is 0.246 e. The topological polar surface area (TPSA) is 54.4 Å². The zero-order valence-corrected chi connectivity index (χ0v) is 13.8. The lowest BCUT2D eigenvalue weighted by atomic mass is 10.2. The van der Waals surface area contributed by atoms with Crippen molar-refractivity contribution in [3.63, 3.8) is 0 Å². The Labute approximate surface area is 146 Å². The summed E-state index contributed by atoms with van der Waals surface area (Å²) in [6, 6.07) is 13.0. The first-order valence-electron chi connectivity index (χ1n) is 7.38. The highest BCUT2D eigenvalue weighted by Crippen LogP contribution is 2.21. The van der Waals surface area contributed by atoms with Gasteiger partial charge in [-0.25, -0.2) is 19.2 Å². The number of hydrogen-bond donors (Lipinski definition) is 1. The predicted molar refractivity (Wildman–Crippen MR) is 93.3 cm³/mol. The second-order valence-corrected chi connectivity index (χ2v) is 6.08. The van der Waals surface area contributed by atoms with Crippen LogP contribution >= 0.6 is 11.3 Å². The van der Waals surface area contributed by atoms with E-state index in [1.54, 1.807) is 0 Å². The molecule has 0 atom stereocenters. The highest BCUT2D eigenvalue weighted by atomic mass is 32.1. The number of rotatable bonds is 5. The molecule has 0 unspecified atom stereocenters. The number of hydrogen-bond acceptors (Lipinski definition) is 4. The van der Waals surface area contributed by atoms with Crippen LogP contribution in [0, 0.1) is 11.6 Å². The molecule has 0 bridgehead atoms. The van der Waals surface area contributed by atoms with Crippen molar-refractivity contribution in [2.75, 3.05) is 0 Å². The van der Waals surface area contributed by atoms with Gasteiger partial charge in [0.15, 0.2) is 11.6 Å². The van der Waals surface area contributed by atoms with Crippen molar-refractivity contribution in [2.45, 2.75) is 6.42 Å². The Hall–Kier alpha value is -2.93. The molecule has 7 heteroatoms. The Bertz CT molecular complexity index is 910. The van der Waals surface area contributed by atoms with Crippen LogP contribution in [0.5, 0.6) is 0 Å². The fourth-order valence-corrected chi connectivity index (χ4v) is 2.88. The summed E-state index contributed by atoms with van der Waals surface area (Å²) < 4.78 is 25.9. The average Bonchev–Trinajstić information content (AvgIpc) is 3.07. The first-order valence-corrected chi connectivity index (χ1v) is 8.26. The minimum Gasteiger partial charge on any atom is -0.273 e. The molecule has 0 saturated carbocycles. The standard InChI is InChI=1S/C18H13F2N3OS/c19-14-7-6-12(8-15(14)20)10-21-23-17(24)9-18-22-16(11-25-18)13-4-2-1-3-5-13/h1-8,10-11H,9H2,(H,23,24)/b21-10-. The first kappa shape index (κ1) is 16.9.